The average Bonchev–Trinajstić information content (AvgIpc) is 2.53. The van der Waals surface area contributed by atoms with E-state index in [2.05, 4.69) is 0 Å². The number of nitrogens with two attached hydrogens (primary N) is 1. The van der Waals surface area contributed by atoms with Gasteiger partial charge in [-0.1, -0.05) is 30.3 Å². The molecule has 21 heavy (non-hydrogen) atoms. The quantitative estimate of drug-likeness (QED) is 0.869. The van der Waals surface area contributed by atoms with E-state index < -0.39 is 6.04 Å². The van der Waals surface area contributed by atoms with E-state index in [4.69, 9.17) is 10.5 Å². The van der Waals surface area contributed by atoms with Crippen molar-refractivity contribution >= 4 is 5.91 Å². The Morgan fingerprint density at radius 3 is 2.90 bits per heavy atom. The van der Waals surface area contributed by atoms with Gasteiger partial charge < -0.3 is 15.4 Å². The fraction of sp³-hybridized carbons (Fsp3) is 0.588. The number of nitrogens with zero attached hydrogens (tertiary/aromatic N) is 1. The highest BCUT2D eigenvalue weighted by atomic mass is 16.5. The number of likely N-dealkylation sites (tertiary alicyclic amines) is 1. The van der Waals surface area contributed by atoms with Crippen molar-refractivity contribution in [1.29, 1.82) is 0 Å². The molecule has 4 heteroatoms. The molecule has 1 fully saturated rings. The van der Waals surface area contributed by atoms with E-state index in [1.54, 1.807) is 0 Å². The van der Waals surface area contributed by atoms with Crippen LogP contribution < -0.4 is 5.73 Å². The second-order valence-corrected chi connectivity index (χ2v) is 5.75. The van der Waals surface area contributed by atoms with Gasteiger partial charge in [-0.25, -0.2) is 0 Å². The summed E-state index contributed by atoms with van der Waals surface area (Å²) in [6.07, 6.45) is 2.78. The molecule has 0 radical (unpaired) electrons. The second kappa shape index (κ2) is 8.15. The molecule has 2 N–H and O–H groups in total. The summed E-state index contributed by atoms with van der Waals surface area (Å²) < 4.78 is 5.49. The van der Waals surface area contributed by atoms with Crippen molar-refractivity contribution in [2.75, 3.05) is 26.3 Å². The van der Waals surface area contributed by atoms with Crippen molar-refractivity contribution in [3.05, 3.63) is 35.9 Å². The number of ether oxygens (including phenoxy) is 1. The molecule has 1 aromatic carbocycles. The van der Waals surface area contributed by atoms with Gasteiger partial charge in [0, 0.05) is 19.7 Å². The first-order valence-corrected chi connectivity index (χ1v) is 7.86. The molecular formula is C17H26N2O2. The summed E-state index contributed by atoms with van der Waals surface area (Å²) in [7, 11) is 0. The molecule has 1 aliphatic heterocycles. The lowest BCUT2D eigenvalue weighted by Crippen LogP contribution is -2.49. The number of amides is 1. The van der Waals surface area contributed by atoms with Crippen molar-refractivity contribution in [3.63, 3.8) is 0 Å². The molecule has 4 nitrogen and oxygen atoms in total. The number of hydrogen-bond donors (Lipinski definition) is 1. The van der Waals surface area contributed by atoms with E-state index in [1.807, 2.05) is 42.2 Å². The Balaban J connectivity index is 1.86. The first kappa shape index (κ1) is 16.0. The van der Waals surface area contributed by atoms with Crippen LogP contribution in [0.2, 0.25) is 0 Å². The van der Waals surface area contributed by atoms with Crippen molar-refractivity contribution in [2.45, 2.75) is 32.2 Å². The molecule has 1 amide bonds. The Morgan fingerprint density at radius 1 is 1.43 bits per heavy atom. The zero-order valence-corrected chi connectivity index (χ0v) is 12.8. The molecule has 2 atom stereocenters. The largest absolute Gasteiger partial charge is 0.381 e. The number of piperidine rings is 1. The van der Waals surface area contributed by atoms with Crippen LogP contribution >= 0.6 is 0 Å². The van der Waals surface area contributed by atoms with Gasteiger partial charge in [-0.2, -0.15) is 0 Å². The van der Waals surface area contributed by atoms with Gasteiger partial charge in [-0.15, -0.1) is 0 Å². The minimum atomic E-state index is -0.446. The van der Waals surface area contributed by atoms with Crippen LogP contribution in [0.4, 0.5) is 0 Å². The van der Waals surface area contributed by atoms with Crippen LogP contribution in [0.15, 0.2) is 30.3 Å². The second-order valence-electron chi connectivity index (χ2n) is 5.75. The molecule has 2 rings (SSSR count). The maximum Gasteiger partial charge on any atom is 0.239 e. The summed E-state index contributed by atoms with van der Waals surface area (Å²) in [4.78, 5) is 14.4. The Morgan fingerprint density at radius 2 is 2.19 bits per heavy atom. The Kier molecular flexibility index (Phi) is 6.21. The predicted molar refractivity (Wildman–Crippen MR) is 83.9 cm³/mol. The van der Waals surface area contributed by atoms with E-state index in [0.29, 0.717) is 12.3 Å². The van der Waals surface area contributed by atoms with Gasteiger partial charge in [0.2, 0.25) is 5.91 Å². The molecule has 116 valence electrons. The van der Waals surface area contributed by atoms with Crippen molar-refractivity contribution < 1.29 is 9.53 Å². The predicted octanol–water partition coefficient (Wildman–Crippen LogP) is 1.83. The van der Waals surface area contributed by atoms with E-state index in [0.717, 1.165) is 44.7 Å². The lowest BCUT2D eigenvalue weighted by Gasteiger charge is -2.34. The fourth-order valence-corrected chi connectivity index (χ4v) is 2.88. The van der Waals surface area contributed by atoms with Crippen LogP contribution in [-0.2, 0) is 16.0 Å². The molecule has 0 unspecified atom stereocenters. The number of hydrogen-bond acceptors (Lipinski definition) is 3. The fourth-order valence-electron chi connectivity index (χ4n) is 2.88. The van der Waals surface area contributed by atoms with Crippen LogP contribution in [-0.4, -0.2) is 43.2 Å². The zero-order chi connectivity index (χ0) is 15.1. The third-order valence-corrected chi connectivity index (χ3v) is 4.00. The summed E-state index contributed by atoms with van der Waals surface area (Å²) in [5.74, 6) is 0.520. The van der Waals surface area contributed by atoms with Gasteiger partial charge in [0.05, 0.1) is 12.6 Å². The number of carbonyl (C=O) groups is 1. The lowest BCUT2D eigenvalue weighted by atomic mass is 9.97. The highest BCUT2D eigenvalue weighted by molar-refractivity contribution is 5.82. The van der Waals surface area contributed by atoms with Crippen LogP contribution in [0.1, 0.15) is 25.3 Å². The van der Waals surface area contributed by atoms with Crippen LogP contribution in [0.5, 0.6) is 0 Å². The van der Waals surface area contributed by atoms with Crippen molar-refractivity contribution in [2.24, 2.45) is 11.7 Å². The SMILES string of the molecule is CCOC[C@@H]1CCCN(C(=O)[C@@H](N)Cc2ccccc2)C1. The van der Waals surface area contributed by atoms with Crippen molar-refractivity contribution in [3.8, 4) is 0 Å². The minimum Gasteiger partial charge on any atom is -0.381 e. The minimum absolute atomic E-state index is 0.0695. The van der Waals surface area contributed by atoms with E-state index in [9.17, 15) is 4.79 Å². The van der Waals surface area contributed by atoms with Gasteiger partial charge in [0.25, 0.3) is 0 Å². The summed E-state index contributed by atoms with van der Waals surface area (Å²) >= 11 is 0. The molecule has 1 aliphatic rings. The summed E-state index contributed by atoms with van der Waals surface area (Å²) in [6.45, 7) is 5.08. The zero-order valence-electron chi connectivity index (χ0n) is 12.8. The third-order valence-electron chi connectivity index (χ3n) is 4.00. The standard InChI is InChI=1S/C17H26N2O2/c1-2-21-13-15-9-6-10-19(12-15)17(20)16(18)11-14-7-4-3-5-8-14/h3-5,7-8,15-16H,2,6,9-13,18H2,1H3/t15-,16+/m1/s1. The summed E-state index contributed by atoms with van der Waals surface area (Å²) in [6, 6.07) is 9.51. The molecule has 0 spiro atoms. The highest BCUT2D eigenvalue weighted by Gasteiger charge is 2.27. The molecule has 0 bridgehead atoms. The monoisotopic (exact) mass is 290 g/mol. The van der Waals surface area contributed by atoms with Crippen LogP contribution in [0.25, 0.3) is 0 Å². The number of rotatable bonds is 6. The normalized spacial score (nSPS) is 20.3. The van der Waals surface area contributed by atoms with E-state index in [1.165, 1.54) is 0 Å². The van der Waals surface area contributed by atoms with Gasteiger partial charge in [-0.05, 0) is 37.7 Å². The number of carbonyl (C=O) groups excluding carboxylic acids is 1. The maximum atomic E-state index is 12.5. The molecule has 1 heterocycles. The first-order valence-electron chi connectivity index (χ1n) is 7.86. The molecular weight excluding hydrogens is 264 g/mol. The summed E-state index contributed by atoms with van der Waals surface area (Å²) in [5.41, 5.74) is 7.22. The molecule has 0 aromatic heterocycles. The highest BCUT2D eigenvalue weighted by Crippen LogP contribution is 2.18. The molecule has 0 saturated carbocycles. The Hall–Kier alpha value is -1.39. The van der Waals surface area contributed by atoms with Crippen molar-refractivity contribution in [1.82, 2.24) is 4.90 Å². The summed E-state index contributed by atoms with van der Waals surface area (Å²) in [5, 5.41) is 0. The van der Waals surface area contributed by atoms with Crippen LogP contribution in [0.3, 0.4) is 0 Å². The lowest BCUT2D eigenvalue weighted by molar-refractivity contribution is -0.134. The topological polar surface area (TPSA) is 55.6 Å². The third kappa shape index (κ3) is 4.83. The molecule has 1 aromatic rings. The van der Waals surface area contributed by atoms with Gasteiger partial charge in [0.1, 0.15) is 0 Å². The van der Waals surface area contributed by atoms with Gasteiger partial charge >= 0.3 is 0 Å². The van der Waals surface area contributed by atoms with E-state index >= 15 is 0 Å². The smallest absolute Gasteiger partial charge is 0.239 e. The Labute approximate surface area is 127 Å². The molecule has 1 saturated heterocycles. The number of benzene rings is 1. The van der Waals surface area contributed by atoms with E-state index in [-0.39, 0.29) is 5.91 Å². The first-order chi connectivity index (χ1) is 10.2. The van der Waals surface area contributed by atoms with Crippen LogP contribution in [0, 0.1) is 5.92 Å². The average molecular weight is 290 g/mol. The van der Waals surface area contributed by atoms with Gasteiger partial charge in [-0.3, -0.25) is 4.79 Å². The molecule has 0 aliphatic carbocycles. The maximum absolute atomic E-state index is 12.5. The Bertz CT molecular complexity index is 436. The van der Waals surface area contributed by atoms with Gasteiger partial charge in [0.15, 0.2) is 0 Å².